The lowest BCUT2D eigenvalue weighted by Gasteiger charge is -2.22. The van der Waals surface area contributed by atoms with Gasteiger partial charge in [-0.3, -0.25) is 4.79 Å². The van der Waals surface area contributed by atoms with E-state index in [1.807, 2.05) is 19.1 Å². The molecule has 1 unspecified atom stereocenters. The molecule has 1 N–H and O–H groups in total. The topological polar surface area (TPSA) is 72.3 Å². The molecule has 1 heterocycles. The fourth-order valence-electron chi connectivity index (χ4n) is 2.80. The van der Waals surface area contributed by atoms with Gasteiger partial charge in [0.2, 0.25) is 0 Å². The minimum atomic E-state index is -0.723. The second kappa shape index (κ2) is 9.03. The van der Waals surface area contributed by atoms with Crippen LogP contribution in [-0.2, 0) is 15.3 Å². The van der Waals surface area contributed by atoms with Crippen LogP contribution in [0.25, 0.3) is 0 Å². The van der Waals surface area contributed by atoms with Gasteiger partial charge in [-0.25, -0.2) is 0 Å². The van der Waals surface area contributed by atoms with E-state index < -0.39 is 5.60 Å². The van der Waals surface area contributed by atoms with E-state index in [1.165, 1.54) is 6.34 Å². The number of nitrogens with zero attached hydrogens (tertiary/aromatic N) is 2. The Kier molecular flexibility index (Phi) is 6.67. The molecule has 0 saturated carbocycles. The van der Waals surface area contributed by atoms with Crippen molar-refractivity contribution in [1.82, 2.24) is 5.32 Å². The van der Waals surface area contributed by atoms with E-state index in [0.29, 0.717) is 33.7 Å². The van der Waals surface area contributed by atoms with Crippen molar-refractivity contribution in [3.05, 3.63) is 68.2 Å². The molecule has 6 nitrogen and oxygen atoms in total. The first-order valence-electron chi connectivity index (χ1n) is 8.79. The number of hydrogen-bond donors (Lipinski definition) is 1. The number of amides is 1. The second-order valence-electron chi connectivity index (χ2n) is 6.49. The summed E-state index contributed by atoms with van der Waals surface area (Å²) < 4.78 is 0. The maximum absolute atomic E-state index is 12.1. The highest BCUT2D eigenvalue weighted by molar-refractivity contribution is 6.48. The van der Waals surface area contributed by atoms with Crippen LogP contribution in [0.3, 0.4) is 0 Å². The van der Waals surface area contributed by atoms with E-state index in [0.717, 1.165) is 16.8 Å². The van der Waals surface area contributed by atoms with Crippen LogP contribution in [0.1, 0.15) is 41.8 Å². The average molecular weight is 455 g/mol. The van der Waals surface area contributed by atoms with Crippen molar-refractivity contribution in [3.8, 4) is 0 Å². The summed E-state index contributed by atoms with van der Waals surface area (Å²) in [4.78, 5) is 22.6. The van der Waals surface area contributed by atoms with Crippen LogP contribution in [0.15, 0.2) is 46.7 Å². The number of nitrogens with one attached hydrogen (secondary N) is 1. The Balaban J connectivity index is 1.71. The highest BCUT2D eigenvalue weighted by Crippen LogP contribution is 2.41. The smallest absolute Gasteiger partial charge is 0.256 e. The summed E-state index contributed by atoms with van der Waals surface area (Å²) in [7, 11) is 0. The lowest BCUT2D eigenvalue weighted by molar-refractivity contribution is -0.00737. The summed E-state index contributed by atoms with van der Waals surface area (Å²) in [6, 6.07) is 10.5. The van der Waals surface area contributed by atoms with E-state index in [2.05, 4.69) is 15.6 Å². The van der Waals surface area contributed by atoms with Gasteiger partial charge in [-0.15, -0.1) is 0 Å². The summed E-state index contributed by atoms with van der Waals surface area (Å²) in [5.41, 5.74) is 2.13. The van der Waals surface area contributed by atoms with Crippen molar-refractivity contribution in [2.24, 2.45) is 10.3 Å². The maximum atomic E-state index is 12.1. The molecule has 0 aromatic heterocycles. The van der Waals surface area contributed by atoms with Gasteiger partial charge in [0.05, 0.1) is 20.8 Å². The van der Waals surface area contributed by atoms with Crippen molar-refractivity contribution in [1.29, 1.82) is 0 Å². The number of oxime groups is 2. The zero-order valence-corrected chi connectivity index (χ0v) is 18.0. The highest BCUT2D eigenvalue weighted by atomic mass is 35.5. The van der Waals surface area contributed by atoms with Gasteiger partial charge in [0.15, 0.2) is 5.60 Å². The molecule has 2 aromatic carbocycles. The first-order valence-corrected chi connectivity index (χ1v) is 9.92. The summed E-state index contributed by atoms with van der Waals surface area (Å²) in [5, 5.41) is 11.3. The molecule has 0 spiro atoms. The quantitative estimate of drug-likeness (QED) is 0.275. The van der Waals surface area contributed by atoms with Crippen LogP contribution in [-0.4, -0.2) is 24.6 Å². The van der Waals surface area contributed by atoms with Crippen molar-refractivity contribution < 1.29 is 14.5 Å². The largest absolute Gasteiger partial charge is 0.395 e. The third kappa shape index (κ3) is 4.83. The standard InChI is InChI=1S/C20H18Cl3N3O3/c1-3-28-25-11-24-19(27)13-6-4-12(5-7-13)17-10-20(2,29-26-17)14-8-15(21)18(23)16(22)9-14/h4-9,11H,3,10H2,1-2H3,(H,24,25,27). The monoisotopic (exact) mass is 453 g/mol. The Morgan fingerprint density at radius 2 is 1.93 bits per heavy atom. The van der Waals surface area contributed by atoms with Gasteiger partial charge in [0, 0.05) is 17.5 Å². The Hall–Kier alpha value is -2.28. The van der Waals surface area contributed by atoms with Crippen LogP contribution >= 0.6 is 34.8 Å². The SMILES string of the molecule is CCO/N=C\NC(=O)c1ccc(C2=NOC(C)(c3cc(Cl)c(Cl)c(Cl)c3)C2)cc1. The lowest BCUT2D eigenvalue weighted by atomic mass is 9.89. The molecule has 29 heavy (non-hydrogen) atoms. The van der Waals surface area contributed by atoms with Crippen LogP contribution in [0.2, 0.25) is 15.1 Å². The van der Waals surface area contributed by atoms with E-state index in [1.54, 1.807) is 31.2 Å². The Morgan fingerprint density at radius 3 is 2.55 bits per heavy atom. The van der Waals surface area contributed by atoms with E-state index in [9.17, 15) is 4.79 Å². The Labute approximate surface area is 183 Å². The van der Waals surface area contributed by atoms with Crippen LogP contribution in [0.4, 0.5) is 0 Å². The molecule has 0 saturated heterocycles. The van der Waals surface area contributed by atoms with Crippen LogP contribution in [0.5, 0.6) is 0 Å². The van der Waals surface area contributed by atoms with Crippen molar-refractivity contribution in [2.45, 2.75) is 25.9 Å². The molecular formula is C20H18Cl3N3O3. The maximum Gasteiger partial charge on any atom is 0.256 e. The van der Waals surface area contributed by atoms with Gasteiger partial charge in [-0.2, -0.15) is 0 Å². The molecule has 9 heteroatoms. The molecule has 2 aromatic rings. The predicted octanol–water partition coefficient (Wildman–Crippen LogP) is 5.40. The number of carbonyl (C=O) groups excluding carboxylic acids is 1. The molecule has 1 amide bonds. The normalized spacial score (nSPS) is 18.4. The fourth-order valence-corrected chi connectivity index (χ4v) is 3.40. The first kappa shape index (κ1) is 21.4. The van der Waals surface area contributed by atoms with Crippen molar-refractivity contribution in [2.75, 3.05) is 6.61 Å². The Morgan fingerprint density at radius 1 is 1.28 bits per heavy atom. The number of rotatable bonds is 6. The molecule has 1 aliphatic rings. The minimum Gasteiger partial charge on any atom is -0.395 e. The zero-order valence-electron chi connectivity index (χ0n) is 15.7. The molecule has 1 atom stereocenters. The summed E-state index contributed by atoms with van der Waals surface area (Å²) in [6.45, 7) is 4.13. The zero-order chi connectivity index (χ0) is 21.0. The van der Waals surface area contributed by atoms with Gasteiger partial charge >= 0.3 is 0 Å². The van der Waals surface area contributed by atoms with Gasteiger partial charge in [-0.1, -0.05) is 57.2 Å². The number of benzene rings is 2. The van der Waals surface area contributed by atoms with Crippen molar-refractivity contribution >= 4 is 52.8 Å². The highest BCUT2D eigenvalue weighted by Gasteiger charge is 2.37. The molecule has 0 bridgehead atoms. The van der Waals surface area contributed by atoms with E-state index in [4.69, 9.17) is 44.5 Å². The van der Waals surface area contributed by atoms with Gasteiger partial charge in [0.25, 0.3) is 5.91 Å². The third-order valence-corrected chi connectivity index (χ3v) is 5.59. The van der Waals surface area contributed by atoms with Gasteiger partial charge in [0.1, 0.15) is 12.9 Å². The molecule has 0 fully saturated rings. The molecule has 3 rings (SSSR count). The lowest BCUT2D eigenvalue weighted by Crippen LogP contribution is -2.22. The fraction of sp³-hybridized carbons (Fsp3) is 0.250. The number of hydrogen-bond acceptors (Lipinski definition) is 5. The molecule has 152 valence electrons. The number of carbonyl (C=O) groups is 1. The third-order valence-electron chi connectivity index (χ3n) is 4.39. The number of halogens is 3. The molecule has 0 aliphatic carbocycles. The van der Waals surface area contributed by atoms with Gasteiger partial charge in [-0.05, 0) is 43.7 Å². The predicted molar refractivity (Wildman–Crippen MR) is 115 cm³/mol. The van der Waals surface area contributed by atoms with Crippen molar-refractivity contribution in [3.63, 3.8) is 0 Å². The first-order chi connectivity index (χ1) is 13.8. The van der Waals surface area contributed by atoms with E-state index in [-0.39, 0.29) is 5.91 Å². The summed E-state index contributed by atoms with van der Waals surface area (Å²) >= 11 is 18.3. The summed E-state index contributed by atoms with van der Waals surface area (Å²) in [6.07, 6.45) is 1.72. The van der Waals surface area contributed by atoms with E-state index >= 15 is 0 Å². The second-order valence-corrected chi connectivity index (χ2v) is 7.69. The Bertz CT molecular complexity index is 954. The van der Waals surface area contributed by atoms with Crippen LogP contribution < -0.4 is 5.32 Å². The van der Waals surface area contributed by atoms with Gasteiger partial charge < -0.3 is 15.0 Å². The summed E-state index contributed by atoms with van der Waals surface area (Å²) in [5.74, 6) is -0.292. The van der Waals surface area contributed by atoms with Crippen LogP contribution in [0, 0.1) is 0 Å². The molecular weight excluding hydrogens is 437 g/mol. The molecule has 0 radical (unpaired) electrons. The minimum absolute atomic E-state index is 0.292. The average Bonchev–Trinajstić information content (AvgIpc) is 3.12. The molecule has 1 aliphatic heterocycles.